The minimum absolute atomic E-state index is 0.224. The van der Waals surface area contributed by atoms with Crippen molar-refractivity contribution in [3.05, 3.63) is 35.9 Å². The van der Waals surface area contributed by atoms with Crippen LogP contribution in [0.3, 0.4) is 0 Å². The minimum Gasteiger partial charge on any atom is -0.368 e. The number of halogens is 1. The molecule has 0 radical (unpaired) electrons. The van der Waals surface area contributed by atoms with Gasteiger partial charge in [0.1, 0.15) is 11.4 Å². The SMILES string of the molecule is CC(C)(F)c1ccccc1-c1cc(N)on1. The second-order valence-electron chi connectivity index (χ2n) is 4.13. The first-order valence-corrected chi connectivity index (χ1v) is 4.99. The summed E-state index contributed by atoms with van der Waals surface area (Å²) < 4.78 is 18.8. The molecule has 0 amide bonds. The summed E-state index contributed by atoms with van der Waals surface area (Å²) in [6.07, 6.45) is 0. The number of alkyl halides is 1. The summed E-state index contributed by atoms with van der Waals surface area (Å²) in [5.74, 6) is 0.224. The normalized spacial score (nSPS) is 11.7. The molecule has 1 aromatic heterocycles. The fraction of sp³-hybridized carbons (Fsp3) is 0.250. The predicted molar refractivity (Wildman–Crippen MR) is 60.5 cm³/mol. The van der Waals surface area contributed by atoms with E-state index in [-0.39, 0.29) is 5.88 Å². The summed E-state index contributed by atoms with van der Waals surface area (Å²) in [5.41, 5.74) is 5.86. The van der Waals surface area contributed by atoms with Gasteiger partial charge in [0.2, 0.25) is 5.88 Å². The Hall–Kier alpha value is -1.84. The van der Waals surface area contributed by atoms with Gasteiger partial charge in [-0.15, -0.1) is 0 Å². The number of anilines is 1. The average Bonchev–Trinajstić information content (AvgIpc) is 2.64. The summed E-state index contributed by atoms with van der Waals surface area (Å²) in [7, 11) is 0. The largest absolute Gasteiger partial charge is 0.368 e. The van der Waals surface area contributed by atoms with Crippen LogP contribution in [0.1, 0.15) is 19.4 Å². The number of benzene rings is 1. The fourth-order valence-corrected chi connectivity index (χ4v) is 1.64. The van der Waals surface area contributed by atoms with Gasteiger partial charge in [0.25, 0.3) is 0 Å². The van der Waals surface area contributed by atoms with E-state index in [4.69, 9.17) is 10.3 Å². The Morgan fingerprint density at radius 1 is 1.31 bits per heavy atom. The molecule has 0 aliphatic carbocycles. The van der Waals surface area contributed by atoms with Crippen molar-refractivity contribution in [1.82, 2.24) is 5.16 Å². The third-order valence-corrected chi connectivity index (χ3v) is 2.37. The zero-order valence-corrected chi connectivity index (χ0v) is 9.20. The Balaban J connectivity index is 2.57. The van der Waals surface area contributed by atoms with Crippen LogP contribution in [0.4, 0.5) is 10.3 Å². The second-order valence-corrected chi connectivity index (χ2v) is 4.13. The molecule has 1 aromatic carbocycles. The maximum absolute atomic E-state index is 14.0. The molecule has 2 N–H and O–H groups in total. The molecule has 4 heteroatoms. The molecule has 0 saturated carbocycles. The summed E-state index contributed by atoms with van der Waals surface area (Å²) >= 11 is 0. The third kappa shape index (κ3) is 1.91. The average molecular weight is 220 g/mol. The van der Waals surface area contributed by atoms with Crippen molar-refractivity contribution in [1.29, 1.82) is 0 Å². The molecule has 0 fully saturated rings. The minimum atomic E-state index is -1.43. The highest BCUT2D eigenvalue weighted by molar-refractivity contribution is 5.66. The smallest absolute Gasteiger partial charge is 0.222 e. The molecule has 1 heterocycles. The van der Waals surface area contributed by atoms with Gasteiger partial charge in [-0.2, -0.15) is 0 Å². The molecule has 0 spiro atoms. The Labute approximate surface area is 93.1 Å². The van der Waals surface area contributed by atoms with Crippen LogP contribution in [-0.4, -0.2) is 5.16 Å². The maximum Gasteiger partial charge on any atom is 0.222 e. The highest BCUT2D eigenvalue weighted by Crippen LogP contribution is 2.33. The van der Waals surface area contributed by atoms with Gasteiger partial charge in [-0.1, -0.05) is 29.4 Å². The monoisotopic (exact) mass is 220 g/mol. The molecule has 3 nitrogen and oxygen atoms in total. The molecule has 84 valence electrons. The van der Waals surface area contributed by atoms with Gasteiger partial charge in [-0.3, -0.25) is 0 Å². The van der Waals surface area contributed by atoms with E-state index in [0.29, 0.717) is 16.8 Å². The molecule has 2 rings (SSSR count). The number of hydrogen-bond donors (Lipinski definition) is 1. The molecule has 0 bridgehead atoms. The van der Waals surface area contributed by atoms with E-state index in [1.54, 1.807) is 24.3 Å². The van der Waals surface area contributed by atoms with Crippen LogP contribution >= 0.6 is 0 Å². The number of nitrogen functional groups attached to an aromatic ring is 1. The van der Waals surface area contributed by atoms with Crippen molar-refractivity contribution in [3.63, 3.8) is 0 Å². The molecule has 0 unspecified atom stereocenters. The van der Waals surface area contributed by atoms with Crippen LogP contribution in [-0.2, 0) is 5.67 Å². The van der Waals surface area contributed by atoms with E-state index >= 15 is 0 Å². The van der Waals surface area contributed by atoms with Crippen LogP contribution in [0.2, 0.25) is 0 Å². The molecule has 0 aliphatic rings. The summed E-state index contributed by atoms with van der Waals surface area (Å²) in [6, 6.07) is 8.75. The van der Waals surface area contributed by atoms with Crippen molar-refractivity contribution in [2.24, 2.45) is 0 Å². The van der Waals surface area contributed by atoms with Crippen molar-refractivity contribution >= 4 is 5.88 Å². The Morgan fingerprint density at radius 3 is 2.56 bits per heavy atom. The zero-order chi connectivity index (χ0) is 11.8. The van der Waals surface area contributed by atoms with Crippen LogP contribution in [0, 0.1) is 0 Å². The molecule has 0 saturated heterocycles. The van der Waals surface area contributed by atoms with Gasteiger partial charge in [0.05, 0.1) is 0 Å². The lowest BCUT2D eigenvalue weighted by Crippen LogP contribution is -2.10. The Morgan fingerprint density at radius 2 is 2.00 bits per heavy atom. The van der Waals surface area contributed by atoms with E-state index in [1.165, 1.54) is 13.8 Å². The van der Waals surface area contributed by atoms with Crippen LogP contribution in [0.5, 0.6) is 0 Å². The second kappa shape index (κ2) is 3.63. The van der Waals surface area contributed by atoms with Crippen molar-refractivity contribution < 1.29 is 8.91 Å². The maximum atomic E-state index is 14.0. The van der Waals surface area contributed by atoms with Crippen LogP contribution < -0.4 is 5.73 Å². The lowest BCUT2D eigenvalue weighted by molar-refractivity contribution is 0.222. The van der Waals surface area contributed by atoms with Crippen molar-refractivity contribution in [2.75, 3.05) is 5.73 Å². The van der Waals surface area contributed by atoms with E-state index in [0.717, 1.165) is 0 Å². The number of hydrogen-bond acceptors (Lipinski definition) is 3. The quantitative estimate of drug-likeness (QED) is 0.845. The number of aromatic nitrogens is 1. The van der Waals surface area contributed by atoms with Gasteiger partial charge >= 0.3 is 0 Å². The first kappa shape index (κ1) is 10.7. The van der Waals surface area contributed by atoms with Gasteiger partial charge in [-0.25, -0.2) is 4.39 Å². The highest BCUT2D eigenvalue weighted by atomic mass is 19.1. The molecular weight excluding hydrogens is 207 g/mol. The topological polar surface area (TPSA) is 52.0 Å². The molecule has 0 aliphatic heterocycles. The summed E-state index contributed by atoms with van der Waals surface area (Å²) in [6.45, 7) is 3.02. The van der Waals surface area contributed by atoms with Gasteiger partial charge < -0.3 is 10.3 Å². The zero-order valence-electron chi connectivity index (χ0n) is 9.20. The molecular formula is C12H13FN2O. The van der Waals surface area contributed by atoms with E-state index < -0.39 is 5.67 Å². The number of rotatable bonds is 2. The molecule has 2 aromatic rings. The standard InChI is InChI=1S/C12H13FN2O/c1-12(2,13)9-6-4-3-5-8(9)10-7-11(14)16-15-10/h3-7H,14H2,1-2H3. The Kier molecular flexibility index (Phi) is 2.42. The summed E-state index contributed by atoms with van der Waals surface area (Å²) in [5, 5.41) is 3.79. The lowest BCUT2D eigenvalue weighted by Gasteiger charge is -2.17. The molecule has 16 heavy (non-hydrogen) atoms. The highest BCUT2D eigenvalue weighted by Gasteiger charge is 2.23. The Bertz CT molecular complexity index is 500. The number of nitrogens with zero attached hydrogens (tertiary/aromatic N) is 1. The number of nitrogens with two attached hydrogens (primary N) is 1. The fourth-order valence-electron chi connectivity index (χ4n) is 1.64. The lowest BCUT2D eigenvalue weighted by atomic mass is 9.93. The predicted octanol–water partition coefficient (Wildman–Crippen LogP) is 3.13. The van der Waals surface area contributed by atoms with E-state index in [1.807, 2.05) is 6.07 Å². The van der Waals surface area contributed by atoms with Crippen molar-refractivity contribution in [2.45, 2.75) is 19.5 Å². The van der Waals surface area contributed by atoms with Crippen LogP contribution in [0.25, 0.3) is 11.3 Å². The van der Waals surface area contributed by atoms with Gasteiger partial charge in [0, 0.05) is 11.6 Å². The van der Waals surface area contributed by atoms with E-state index in [2.05, 4.69) is 5.16 Å². The van der Waals surface area contributed by atoms with Gasteiger partial charge in [0.15, 0.2) is 0 Å². The van der Waals surface area contributed by atoms with Crippen molar-refractivity contribution in [3.8, 4) is 11.3 Å². The van der Waals surface area contributed by atoms with Crippen LogP contribution in [0.15, 0.2) is 34.9 Å². The first-order valence-electron chi connectivity index (χ1n) is 4.99. The van der Waals surface area contributed by atoms with Gasteiger partial charge in [-0.05, 0) is 19.4 Å². The summed E-state index contributed by atoms with van der Waals surface area (Å²) in [4.78, 5) is 0. The molecule has 0 atom stereocenters. The third-order valence-electron chi connectivity index (χ3n) is 2.37. The first-order chi connectivity index (χ1) is 7.48. The van der Waals surface area contributed by atoms with E-state index in [9.17, 15) is 4.39 Å².